The average Bonchev–Trinajstić information content (AvgIpc) is 3.41. The Morgan fingerprint density at radius 1 is 0.758 bits per heavy atom. The second-order valence-corrected chi connectivity index (χ2v) is 8.46. The van der Waals surface area contributed by atoms with E-state index in [9.17, 15) is 4.79 Å². The van der Waals surface area contributed by atoms with Crippen LogP contribution in [-0.2, 0) is 12.8 Å². The third-order valence-corrected chi connectivity index (χ3v) is 5.65. The molecule has 0 atom stereocenters. The molecule has 3 aromatic carbocycles. The molecule has 0 bridgehead atoms. The number of carbonyl (C=O) groups excluding carboxylic acids is 1. The van der Waals surface area contributed by atoms with Gasteiger partial charge in [0.2, 0.25) is 13.6 Å². The number of hydrogen-bond donors (Lipinski definition) is 2. The zero-order chi connectivity index (χ0) is 22.8. The maximum Gasteiger partial charge on any atom is 0.319 e. The number of aryl methyl sites for hydroxylation is 2. The Hall–Kier alpha value is -3.87. The Morgan fingerprint density at radius 3 is 1.82 bits per heavy atom. The first-order valence-electron chi connectivity index (χ1n) is 10.9. The zero-order valence-electron chi connectivity index (χ0n) is 18.6. The smallest absolute Gasteiger partial charge is 0.319 e. The summed E-state index contributed by atoms with van der Waals surface area (Å²) in [4.78, 5) is 12.9. The van der Waals surface area contributed by atoms with Gasteiger partial charge in [-0.15, -0.1) is 0 Å². The summed E-state index contributed by atoms with van der Waals surface area (Å²) in [6, 6.07) is 17.3. The molecule has 3 aromatic rings. The highest BCUT2D eigenvalue weighted by Gasteiger charge is 2.20. The molecule has 0 fully saturated rings. The number of nitrogens with one attached hydrogen (secondary N) is 2. The number of anilines is 1. The average molecular weight is 447 g/mol. The van der Waals surface area contributed by atoms with Crippen molar-refractivity contribution in [2.24, 2.45) is 0 Å². The van der Waals surface area contributed by atoms with Crippen molar-refractivity contribution in [3.8, 4) is 23.0 Å². The predicted octanol–water partition coefficient (Wildman–Crippen LogP) is 4.74. The lowest BCUT2D eigenvalue weighted by molar-refractivity contribution is 0.173. The lowest BCUT2D eigenvalue weighted by Gasteiger charge is -2.20. The summed E-state index contributed by atoms with van der Waals surface area (Å²) < 4.78 is 21.9. The molecule has 0 radical (unpaired) electrons. The van der Waals surface area contributed by atoms with Gasteiger partial charge in [0.05, 0.1) is 0 Å². The van der Waals surface area contributed by atoms with Crippen molar-refractivity contribution >= 4 is 11.7 Å². The van der Waals surface area contributed by atoms with E-state index in [1.165, 1.54) is 0 Å². The summed E-state index contributed by atoms with van der Waals surface area (Å²) >= 11 is 0. The standard InChI is InChI=1S/C26H26N2O5/c1-16-7-17(2)9-20(8-16)27-26(29)28-21(10-18-3-5-22-24(12-18)32-14-30-22)11-19-4-6-23-25(13-19)33-15-31-23/h3-9,12-13,21H,10-11,14-15H2,1-2H3,(H2,27,28,29). The predicted molar refractivity (Wildman–Crippen MR) is 124 cm³/mol. The molecule has 170 valence electrons. The van der Waals surface area contributed by atoms with Crippen LogP contribution in [0.2, 0.25) is 0 Å². The van der Waals surface area contributed by atoms with Crippen molar-refractivity contribution in [2.45, 2.75) is 32.7 Å². The molecule has 0 saturated heterocycles. The van der Waals surface area contributed by atoms with Gasteiger partial charge in [0.1, 0.15) is 0 Å². The van der Waals surface area contributed by atoms with Gasteiger partial charge in [-0.05, 0) is 85.3 Å². The van der Waals surface area contributed by atoms with Gasteiger partial charge < -0.3 is 29.6 Å². The fourth-order valence-corrected chi connectivity index (χ4v) is 4.28. The summed E-state index contributed by atoms with van der Waals surface area (Å²) in [5.41, 5.74) is 5.08. The summed E-state index contributed by atoms with van der Waals surface area (Å²) in [6.07, 6.45) is 1.26. The molecule has 0 spiro atoms. The molecule has 0 saturated carbocycles. The van der Waals surface area contributed by atoms with Gasteiger partial charge in [0.25, 0.3) is 0 Å². The second-order valence-electron chi connectivity index (χ2n) is 8.46. The van der Waals surface area contributed by atoms with E-state index in [2.05, 4.69) is 16.7 Å². The largest absolute Gasteiger partial charge is 0.454 e. The fourth-order valence-electron chi connectivity index (χ4n) is 4.28. The van der Waals surface area contributed by atoms with Crippen LogP contribution in [0.1, 0.15) is 22.3 Å². The van der Waals surface area contributed by atoms with Gasteiger partial charge in [-0.2, -0.15) is 0 Å². The van der Waals surface area contributed by atoms with Gasteiger partial charge in [-0.3, -0.25) is 0 Å². The summed E-state index contributed by atoms with van der Waals surface area (Å²) in [6.45, 7) is 4.49. The van der Waals surface area contributed by atoms with Crippen LogP contribution in [0.5, 0.6) is 23.0 Å². The van der Waals surface area contributed by atoms with Crippen LogP contribution < -0.4 is 29.6 Å². The minimum absolute atomic E-state index is 0.156. The second kappa shape index (κ2) is 8.94. The Balaban J connectivity index is 1.33. The number of fused-ring (bicyclic) bond motifs is 2. The Kier molecular flexibility index (Phi) is 5.69. The van der Waals surface area contributed by atoms with E-state index in [0.717, 1.165) is 50.9 Å². The summed E-state index contributed by atoms with van der Waals surface area (Å²) in [5, 5.41) is 6.11. The van der Waals surface area contributed by atoms with Gasteiger partial charge in [0, 0.05) is 11.7 Å². The maximum absolute atomic E-state index is 12.9. The highest BCUT2D eigenvalue weighted by Crippen LogP contribution is 2.34. The topological polar surface area (TPSA) is 78.1 Å². The molecular formula is C26H26N2O5. The first kappa shape index (κ1) is 21.0. The normalized spacial score (nSPS) is 13.3. The Labute approximate surface area is 192 Å². The third kappa shape index (κ3) is 4.98. The molecular weight excluding hydrogens is 420 g/mol. The quantitative estimate of drug-likeness (QED) is 0.572. The molecule has 2 aliphatic heterocycles. The van der Waals surface area contributed by atoms with E-state index in [4.69, 9.17) is 18.9 Å². The molecule has 7 nitrogen and oxygen atoms in total. The summed E-state index contributed by atoms with van der Waals surface area (Å²) in [5.74, 6) is 2.95. The number of amides is 2. The third-order valence-electron chi connectivity index (χ3n) is 5.65. The highest BCUT2D eigenvalue weighted by atomic mass is 16.7. The first-order valence-corrected chi connectivity index (χ1v) is 10.9. The Bertz CT molecular complexity index is 1110. The van der Waals surface area contributed by atoms with Crippen molar-refractivity contribution in [3.05, 3.63) is 76.9 Å². The molecule has 2 heterocycles. The van der Waals surface area contributed by atoms with Crippen LogP contribution in [0.4, 0.5) is 10.5 Å². The molecule has 0 aliphatic carbocycles. The molecule has 2 amide bonds. The van der Waals surface area contributed by atoms with Crippen LogP contribution in [-0.4, -0.2) is 25.7 Å². The minimum atomic E-state index is -0.244. The van der Waals surface area contributed by atoms with E-state index >= 15 is 0 Å². The van der Waals surface area contributed by atoms with Crippen LogP contribution in [0.15, 0.2) is 54.6 Å². The number of carbonyl (C=O) groups is 1. The van der Waals surface area contributed by atoms with Crippen molar-refractivity contribution in [3.63, 3.8) is 0 Å². The molecule has 33 heavy (non-hydrogen) atoms. The van der Waals surface area contributed by atoms with Crippen molar-refractivity contribution < 1.29 is 23.7 Å². The minimum Gasteiger partial charge on any atom is -0.454 e. The van der Waals surface area contributed by atoms with Crippen molar-refractivity contribution in [2.75, 3.05) is 18.9 Å². The van der Waals surface area contributed by atoms with E-state index in [1.54, 1.807) is 0 Å². The van der Waals surface area contributed by atoms with Crippen LogP contribution in [0.3, 0.4) is 0 Å². The molecule has 7 heteroatoms. The first-order chi connectivity index (χ1) is 16.0. The van der Waals surface area contributed by atoms with Crippen LogP contribution in [0.25, 0.3) is 0 Å². The molecule has 2 N–H and O–H groups in total. The zero-order valence-corrected chi connectivity index (χ0v) is 18.6. The SMILES string of the molecule is Cc1cc(C)cc(NC(=O)NC(Cc2ccc3c(c2)OCO3)Cc2ccc3c(c2)OCO3)c1. The lowest BCUT2D eigenvalue weighted by Crippen LogP contribution is -2.40. The fraction of sp³-hybridized carbons (Fsp3) is 0.269. The van der Waals surface area contributed by atoms with Gasteiger partial charge >= 0.3 is 6.03 Å². The molecule has 0 unspecified atom stereocenters. The number of rotatable bonds is 6. The van der Waals surface area contributed by atoms with Gasteiger partial charge in [-0.1, -0.05) is 18.2 Å². The summed E-state index contributed by atoms with van der Waals surface area (Å²) in [7, 11) is 0. The number of benzene rings is 3. The number of ether oxygens (including phenoxy) is 4. The van der Waals surface area contributed by atoms with Crippen molar-refractivity contribution in [1.29, 1.82) is 0 Å². The van der Waals surface area contributed by atoms with Gasteiger partial charge in [0.15, 0.2) is 23.0 Å². The highest BCUT2D eigenvalue weighted by molar-refractivity contribution is 5.89. The Morgan fingerprint density at radius 2 is 1.27 bits per heavy atom. The monoisotopic (exact) mass is 446 g/mol. The van der Waals surface area contributed by atoms with Crippen LogP contribution >= 0.6 is 0 Å². The van der Waals surface area contributed by atoms with E-state index < -0.39 is 0 Å². The van der Waals surface area contributed by atoms with E-state index in [0.29, 0.717) is 12.8 Å². The van der Waals surface area contributed by atoms with E-state index in [-0.39, 0.29) is 25.7 Å². The van der Waals surface area contributed by atoms with Gasteiger partial charge in [-0.25, -0.2) is 4.79 Å². The molecule has 0 aromatic heterocycles. The molecule has 5 rings (SSSR count). The van der Waals surface area contributed by atoms with E-state index in [1.807, 2.05) is 62.4 Å². The lowest BCUT2D eigenvalue weighted by atomic mass is 9.98. The molecule has 2 aliphatic rings. The van der Waals surface area contributed by atoms with Crippen LogP contribution in [0, 0.1) is 13.8 Å². The number of hydrogen-bond acceptors (Lipinski definition) is 5. The maximum atomic E-state index is 12.9. The number of urea groups is 1. The van der Waals surface area contributed by atoms with Crippen molar-refractivity contribution in [1.82, 2.24) is 5.32 Å².